The normalized spacial score (nSPS) is 25.4. The van der Waals surface area contributed by atoms with E-state index < -0.39 is 0 Å². The minimum atomic E-state index is -0.384. The number of hydrogen-bond acceptors (Lipinski definition) is 1. The second-order valence-electron chi connectivity index (χ2n) is 0.805. The maximum atomic E-state index is 8.07. The Morgan fingerprint density at radius 2 is 2.71 bits per heavy atom. The zero-order valence-electron chi connectivity index (χ0n) is 3.29. The summed E-state index contributed by atoms with van der Waals surface area (Å²) in [7, 11) is 0.953. The molecule has 0 fully saturated rings. The molecule has 7 heavy (non-hydrogen) atoms. The van der Waals surface area contributed by atoms with Gasteiger partial charge < -0.3 is 5.53 Å². The van der Waals surface area contributed by atoms with Crippen molar-refractivity contribution in [1.29, 1.82) is 0 Å². The zero-order chi connectivity index (χ0) is 5.11. The van der Waals surface area contributed by atoms with Crippen LogP contribution >= 0.6 is 10.8 Å². The second kappa shape index (κ2) is 2.15. The molecule has 0 aromatic rings. The van der Waals surface area contributed by atoms with E-state index >= 15 is 0 Å². The molecule has 4 heteroatoms. The summed E-state index contributed by atoms with van der Waals surface area (Å²) in [6.45, 7) is 0. The fraction of sp³-hybridized carbons (Fsp3) is 0. The highest BCUT2D eigenvalue weighted by molar-refractivity contribution is 8.71. The van der Waals surface area contributed by atoms with E-state index in [4.69, 9.17) is 5.53 Å². The Kier molecular flexibility index (Phi) is 1.50. The standard InChI is InChI=1S/C3HN2S2/c4-5-7-3-1-2-6-7/h3H. The Balaban J connectivity index is 2.90. The molecule has 0 aromatic heterocycles. The van der Waals surface area contributed by atoms with E-state index in [0.29, 0.717) is 0 Å². The molecule has 1 rings (SSSR count). The topological polar surface area (TPSA) is 36.4 Å². The SMILES string of the molecule is [N-]=[N+]=S1C=C=[C]S1. The van der Waals surface area contributed by atoms with Crippen molar-refractivity contribution < 1.29 is 0 Å². The first kappa shape index (κ1) is 4.88. The molecule has 1 heterocycles. The first-order valence-electron chi connectivity index (χ1n) is 1.53. The summed E-state index contributed by atoms with van der Waals surface area (Å²) >= 11 is 0. The minimum absolute atomic E-state index is 0.384. The highest BCUT2D eigenvalue weighted by atomic mass is 33.1. The first-order chi connectivity index (χ1) is 3.43. The van der Waals surface area contributed by atoms with E-state index in [9.17, 15) is 0 Å². The van der Waals surface area contributed by atoms with Gasteiger partial charge in [0, 0.05) is 10.8 Å². The fourth-order valence-electron chi connectivity index (χ4n) is 0.206. The van der Waals surface area contributed by atoms with Gasteiger partial charge in [0.2, 0.25) is 0 Å². The molecule has 1 aliphatic heterocycles. The summed E-state index contributed by atoms with van der Waals surface area (Å²) in [5.74, 6) is 0. The van der Waals surface area contributed by atoms with Crippen molar-refractivity contribution in [3.63, 3.8) is 0 Å². The Labute approximate surface area is 47.3 Å². The van der Waals surface area contributed by atoms with Crippen LogP contribution in [0.1, 0.15) is 0 Å². The molecule has 0 aromatic carbocycles. The average Bonchev–Trinajstić information content (AvgIpc) is 2.14. The van der Waals surface area contributed by atoms with Gasteiger partial charge in [-0.2, -0.15) is 0 Å². The Morgan fingerprint density at radius 1 is 1.86 bits per heavy atom. The number of nitrogens with zero attached hydrogens (tertiary/aromatic N) is 2. The van der Waals surface area contributed by atoms with Gasteiger partial charge in [0.15, 0.2) is 0 Å². The van der Waals surface area contributed by atoms with Gasteiger partial charge in [0.05, 0.1) is 10.8 Å². The lowest BCUT2D eigenvalue weighted by atomic mass is 11.0. The summed E-state index contributed by atoms with van der Waals surface area (Å²) in [5, 5.41) is 4.36. The quantitative estimate of drug-likeness (QED) is 0.208. The molecule has 2 nitrogen and oxygen atoms in total. The van der Waals surface area contributed by atoms with Crippen molar-refractivity contribution in [2.24, 2.45) is 0 Å². The van der Waals surface area contributed by atoms with Crippen molar-refractivity contribution in [3.8, 4) is 0 Å². The highest BCUT2D eigenvalue weighted by Crippen LogP contribution is 2.12. The molecule has 1 unspecified atom stereocenters. The van der Waals surface area contributed by atoms with Crippen molar-refractivity contribution >= 4 is 20.5 Å². The molecule has 0 N–H and O–H groups in total. The van der Waals surface area contributed by atoms with Crippen LogP contribution in [-0.2, 0) is 9.72 Å². The van der Waals surface area contributed by atoms with Crippen LogP contribution in [0.2, 0.25) is 0 Å². The Hall–Kier alpha value is -0.270. The van der Waals surface area contributed by atoms with Crippen LogP contribution in [0.15, 0.2) is 11.1 Å². The van der Waals surface area contributed by atoms with E-state index in [1.807, 2.05) is 0 Å². The lowest BCUT2D eigenvalue weighted by Gasteiger charge is -1.65. The number of hydrogen-bond donors (Lipinski definition) is 0. The lowest BCUT2D eigenvalue weighted by Crippen LogP contribution is -1.67. The molecule has 0 saturated carbocycles. The van der Waals surface area contributed by atoms with Crippen molar-refractivity contribution in [3.05, 3.63) is 22.1 Å². The molecule has 0 saturated heterocycles. The van der Waals surface area contributed by atoms with Crippen LogP contribution in [0.3, 0.4) is 0 Å². The van der Waals surface area contributed by atoms with E-state index in [-0.39, 0.29) is 9.72 Å². The molecule has 0 amide bonds. The van der Waals surface area contributed by atoms with Crippen molar-refractivity contribution in [2.75, 3.05) is 0 Å². The summed E-state index contributed by atoms with van der Waals surface area (Å²) in [4.78, 5) is 0. The Morgan fingerprint density at radius 3 is 3.00 bits per heavy atom. The van der Waals surface area contributed by atoms with E-state index in [2.05, 4.69) is 15.3 Å². The smallest absolute Gasteiger partial charge is 0.257 e. The van der Waals surface area contributed by atoms with Crippen LogP contribution in [0, 0.1) is 5.41 Å². The average molecular weight is 129 g/mol. The lowest BCUT2D eigenvalue weighted by molar-refractivity contribution is 1.72. The van der Waals surface area contributed by atoms with Crippen molar-refractivity contribution in [2.45, 2.75) is 0 Å². The minimum Gasteiger partial charge on any atom is -0.350 e. The van der Waals surface area contributed by atoms with Crippen LogP contribution < -0.4 is 4.16 Å². The van der Waals surface area contributed by atoms with Gasteiger partial charge in [0.25, 0.3) is 9.72 Å². The predicted molar refractivity (Wildman–Crippen MR) is 31.8 cm³/mol. The van der Waals surface area contributed by atoms with Crippen molar-refractivity contribution in [1.82, 2.24) is 4.16 Å². The third-order valence-electron chi connectivity index (χ3n) is 0.426. The largest absolute Gasteiger partial charge is 0.350 e. The summed E-state index contributed by atoms with van der Waals surface area (Å²) in [6, 6.07) is 0. The van der Waals surface area contributed by atoms with Crippen LogP contribution in [0.4, 0.5) is 0 Å². The van der Waals surface area contributed by atoms with E-state index in [0.717, 1.165) is 0 Å². The fourth-order valence-corrected chi connectivity index (χ4v) is 1.55. The summed E-state index contributed by atoms with van der Waals surface area (Å²) in [6.07, 6.45) is 0. The van der Waals surface area contributed by atoms with E-state index in [1.54, 1.807) is 5.41 Å². The highest BCUT2D eigenvalue weighted by Gasteiger charge is 2.00. The molecule has 35 valence electrons. The molecule has 0 aliphatic carbocycles. The van der Waals surface area contributed by atoms with Gasteiger partial charge in [-0.1, -0.05) is 5.73 Å². The zero-order valence-corrected chi connectivity index (χ0v) is 4.92. The molecular formula is C3HN2S2. The van der Waals surface area contributed by atoms with Gasteiger partial charge in [0.1, 0.15) is 0 Å². The monoisotopic (exact) mass is 129 g/mol. The van der Waals surface area contributed by atoms with E-state index in [1.165, 1.54) is 10.8 Å². The van der Waals surface area contributed by atoms with Gasteiger partial charge in [-0.25, -0.2) is 0 Å². The van der Waals surface area contributed by atoms with Crippen LogP contribution in [0.5, 0.6) is 0 Å². The maximum absolute atomic E-state index is 8.07. The summed E-state index contributed by atoms with van der Waals surface area (Å²) in [5.41, 5.74) is 10.7. The molecular weight excluding hydrogens is 128 g/mol. The summed E-state index contributed by atoms with van der Waals surface area (Å²) < 4.78 is 3.00. The Bertz CT molecular complexity index is 183. The van der Waals surface area contributed by atoms with Gasteiger partial charge in [-0.15, -0.1) is 4.16 Å². The molecule has 1 radical (unpaired) electrons. The third kappa shape index (κ3) is 1.05. The van der Waals surface area contributed by atoms with Crippen LogP contribution in [0.25, 0.3) is 5.53 Å². The third-order valence-corrected chi connectivity index (χ3v) is 2.53. The van der Waals surface area contributed by atoms with Gasteiger partial charge >= 0.3 is 0 Å². The molecule has 0 spiro atoms. The predicted octanol–water partition coefficient (Wildman–Crippen LogP) is 0.968. The number of rotatable bonds is 0. The maximum Gasteiger partial charge on any atom is 0.257 e. The molecule has 1 aliphatic rings. The van der Waals surface area contributed by atoms with Gasteiger partial charge in [-0.05, 0) is 0 Å². The second-order valence-corrected chi connectivity index (χ2v) is 3.65. The molecule has 1 atom stereocenters. The van der Waals surface area contributed by atoms with Gasteiger partial charge in [-0.3, -0.25) is 0 Å². The molecule has 0 bridgehead atoms. The first-order valence-corrected chi connectivity index (χ1v) is 4.11. The van der Waals surface area contributed by atoms with Crippen LogP contribution in [-0.4, -0.2) is 0 Å².